The van der Waals surface area contributed by atoms with Crippen LogP contribution in [0.1, 0.15) is 17.7 Å². The number of fused-ring (bicyclic) bond motifs is 3. The number of hydrogen-bond donors (Lipinski definition) is 0. The zero-order chi connectivity index (χ0) is 13.5. The minimum absolute atomic E-state index is 1.08. The molecule has 0 spiro atoms. The standard InChI is InChI=1S/C17H13IN2/c18-12-8-9-15-14(11-12)17-16(7-4-10-19-17)20(15)13-5-2-1-3-6-13/h1-7,10-11H,8-9H2. The van der Waals surface area contributed by atoms with Crippen molar-refractivity contribution in [2.75, 3.05) is 0 Å². The van der Waals surface area contributed by atoms with Crippen molar-refractivity contribution in [3.63, 3.8) is 0 Å². The third-order valence-corrected chi connectivity index (χ3v) is 4.63. The Morgan fingerprint density at radius 2 is 1.85 bits per heavy atom. The van der Waals surface area contributed by atoms with Gasteiger partial charge in [-0.15, -0.1) is 0 Å². The zero-order valence-corrected chi connectivity index (χ0v) is 13.0. The summed E-state index contributed by atoms with van der Waals surface area (Å²) < 4.78 is 3.77. The Bertz CT molecular complexity index is 816. The molecule has 98 valence electrons. The first-order valence-electron chi connectivity index (χ1n) is 6.74. The van der Waals surface area contributed by atoms with E-state index in [2.05, 4.69) is 74.6 Å². The Morgan fingerprint density at radius 1 is 1.00 bits per heavy atom. The molecule has 0 unspecified atom stereocenters. The lowest BCUT2D eigenvalue weighted by molar-refractivity contribution is 0.885. The van der Waals surface area contributed by atoms with E-state index in [0.29, 0.717) is 0 Å². The number of para-hydroxylation sites is 1. The van der Waals surface area contributed by atoms with Gasteiger partial charge in [0.15, 0.2) is 0 Å². The number of allylic oxidation sites excluding steroid dienone is 1. The summed E-state index contributed by atoms with van der Waals surface area (Å²) in [5.41, 5.74) is 6.20. The summed E-state index contributed by atoms with van der Waals surface area (Å²) in [6, 6.07) is 14.7. The van der Waals surface area contributed by atoms with Gasteiger partial charge in [0, 0.05) is 23.1 Å². The highest BCUT2D eigenvalue weighted by Crippen LogP contribution is 2.36. The largest absolute Gasteiger partial charge is 0.311 e. The SMILES string of the molecule is IC1=Cc2c(n(-c3ccccc3)c3cccnc23)CC1. The molecule has 0 radical (unpaired) electrons. The number of hydrogen-bond acceptors (Lipinski definition) is 1. The second-order valence-electron chi connectivity index (χ2n) is 4.99. The van der Waals surface area contributed by atoms with E-state index < -0.39 is 0 Å². The molecule has 0 amide bonds. The summed E-state index contributed by atoms with van der Waals surface area (Å²) in [6.45, 7) is 0. The highest BCUT2D eigenvalue weighted by Gasteiger charge is 2.20. The van der Waals surface area contributed by atoms with E-state index in [1.54, 1.807) is 0 Å². The third kappa shape index (κ3) is 1.80. The maximum atomic E-state index is 4.61. The number of rotatable bonds is 1. The molecule has 2 heterocycles. The van der Waals surface area contributed by atoms with Crippen LogP contribution in [0.5, 0.6) is 0 Å². The van der Waals surface area contributed by atoms with Gasteiger partial charge < -0.3 is 4.57 Å². The molecule has 0 aliphatic heterocycles. The van der Waals surface area contributed by atoms with Crippen molar-refractivity contribution in [2.24, 2.45) is 0 Å². The molecule has 1 aliphatic carbocycles. The van der Waals surface area contributed by atoms with Crippen LogP contribution in [0.4, 0.5) is 0 Å². The summed E-state index contributed by atoms with van der Waals surface area (Å²) in [6.07, 6.45) is 6.37. The van der Waals surface area contributed by atoms with E-state index in [1.165, 1.54) is 26.0 Å². The fraction of sp³-hybridized carbons (Fsp3) is 0.118. The molecular formula is C17H13IN2. The average molecular weight is 372 g/mol. The van der Waals surface area contributed by atoms with Crippen LogP contribution in [0.2, 0.25) is 0 Å². The maximum absolute atomic E-state index is 4.61. The lowest BCUT2D eigenvalue weighted by atomic mass is 10.0. The van der Waals surface area contributed by atoms with Gasteiger partial charge in [0.05, 0.1) is 11.0 Å². The number of halogens is 1. The van der Waals surface area contributed by atoms with Crippen molar-refractivity contribution in [1.82, 2.24) is 9.55 Å². The minimum Gasteiger partial charge on any atom is -0.311 e. The summed E-state index contributed by atoms with van der Waals surface area (Å²) >= 11 is 2.43. The van der Waals surface area contributed by atoms with Crippen LogP contribution in [0.3, 0.4) is 0 Å². The Hall–Kier alpha value is -1.62. The van der Waals surface area contributed by atoms with Crippen molar-refractivity contribution in [3.05, 3.63) is 63.5 Å². The van der Waals surface area contributed by atoms with Gasteiger partial charge in [0.1, 0.15) is 0 Å². The number of nitrogens with zero attached hydrogens (tertiary/aromatic N) is 2. The summed E-state index contributed by atoms with van der Waals surface area (Å²) in [4.78, 5) is 4.61. The van der Waals surface area contributed by atoms with Crippen LogP contribution < -0.4 is 0 Å². The van der Waals surface area contributed by atoms with Gasteiger partial charge in [-0.3, -0.25) is 4.98 Å². The second kappa shape index (κ2) is 4.74. The van der Waals surface area contributed by atoms with Crippen LogP contribution in [0, 0.1) is 0 Å². The lowest BCUT2D eigenvalue weighted by Gasteiger charge is -2.14. The van der Waals surface area contributed by atoms with E-state index in [1.807, 2.05) is 12.3 Å². The summed E-state index contributed by atoms with van der Waals surface area (Å²) in [5.74, 6) is 0. The van der Waals surface area contributed by atoms with E-state index in [0.717, 1.165) is 18.4 Å². The molecule has 2 nitrogen and oxygen atoms in total. The van der Waals surface area contributed by atoms with Crippen LogP contribution in [0.25, 0.3) is 22.8 Å². The van der Waals surface area contributed by atoms with Gasteiger partial charge in [-0.05, 0) is 69.4 Å². The summed E-state index contributed by atoms with van der Waals surface area (Å²) in [5, 5.41) is 0. The molecule has 0 atom stereocenters. The quantitative estimate of drug-likeness (QED) is 0.564. The first-order valence-corrected chi connectivity index (χ1v) is 7.82. The van der Waals surface area contributed by atoms with Crippen LogP contribution >= 0.6 is 22.6 Å². The average Bonchev–Trinajstić information content (AvgIpc) is 2.82. The smallest absolute Gasteiger partial charge is 0.0960 e. The first-order chi connectivity index (χ1) is 9.84. The monoisotopic (exact) mass is 372 g/mol. The van der Waals surface area contributed by atoms with Crippen molar-refractivity contribution in [2.45, 2.75) is 12.8 Å². The molecule has 20 heavy (non-hydrogen) atoms. The molecule has 1 aliphatic rings. The molecule has 3 heteroatoms. The molecule has 0 bridgehead atoms. The van der Waals surface area contributed by atoms with E-state index in [-0.39, 0.29) is 0 Å². The Morgan fingerprint density at radius 3 is 2.70 bits per heavy atom. The van der Waals surface area contributed by atoms with Crippen LogP contribution in [-0.2, 0) is 6.42 Å². The van der Waals surface area contributed by atoms with E-state index >= 15 is 0 Å². The van der Waals surface area contributed by atoms with Gasteiger partial charge in [-0.25, -0.2) is 0 Å². The van der Waals surface area contributed by atoms with Gasteiger partial charge in [0.25, 0.3) is 0 Å². The van der Waals surface area contributed by atoms with Crippen molar-refractivity contribution < 1.29 is 0 Å². The molecule has 3 aromatic rings. The molecule has 0 fully saturated rings. The van der Waals surface area contributed by atoms with E-state index in [4.69, 9.17) is 0 Å². The first kappa shape index (κ1) is 12.1. The predicted molar refractivity (Wildman–Crippen MR) is 91.4 cm³/mol. The normalized spacial score (nSPS) is 14.2. The van der Waals surface area contributed by atoms with Crippen LogP contribution in [0.15, 0.2) is 52.2 Å². The second-order valence-corrected chi connectivity index (χ2v) is 6.38. The van der Waals surface area contributed by atoms with E-state index in [9.17, 15) is 0 Å². The molecule has 4 rings (SSSR count). The molecule has 0 saturated heterocycles. The Balaban J connectivity index is 2.12. The van der Waals surface area contributed by atoms with Crippen molar-refractivity contribution >= 4 is 39.7 Å². The minimum atomic E-state index is 1.08. The Kier molecular flexibility index (Phi) is 2.88. The molecule has 0 saturated carbocycles. The lowest BCUT2D eigenvalue weighted by Crippen LogP contribution is -2.03. The highest BCUT2D eigenvalue weighted by molar-refractivity contribution is 14.1. The topological polar surface area (TPSA) is 17.8 Å². The van der Waals surface area contributed by atoms with Gasteiger partial charge >= 0.3 is 0 Å². The van der Waals surface area contributed by atoms with Crippen molar-refractivity contribution in [3.8, 4) is 5.69 Å². The van der Waals surface area contributed by atoms with Crippen LogP contribution in [-0.4, -0.2) is 9.55 Å². The number of pyridine rings is 1. The molecule has 1 aromatic carbocycles. The van der Waals surface area contributed by atoms with Gasteiger partial charge in [-0.1, -0.05) is 18.2 Å². The third-order valence-electron chi connectivity index (χ3n) is 3.78. The Labute approximate surface area is 131 Å². The fourth-order valence-corrected chi connectivity index (χ4v) is 3.51. The summed E-state index contributed by atoms with van der Waals surface area (Å²) in [7, 11) is 0. The van der Waals surface area contributed by atoms with Crippen molar-refractivity contribution in [1.29, 1.82) is 0 Å². The predicted octanol–water partition coefficient (Wildman–Crippen LogP) is 4.75. The highest BCUT2D eigenvalue weighted by atomic mass is 127. The molecule has 2 aromatic heterocycles. The maximum Gasteiger partial charge on any atom is 0.0960 e. The molecular weight excluding hydrogens is 359 g/mol. The van der Waals surface area contributed by atoms with Gasteiger partial charge in [0.2, 0.25) is 0 Å². The zero-order valence-electron chi connectivity index (χ0n) is 10.9. The van der Waals surface area contributed by atoms with Gasteiger partial charge in [-0.2, -0.15) is 0 Å². The number of benzene rings is 1. The fourth-order valence-electron chi connectivity index (χ4n) is 2.92. The number of aromatic nitrogens is 2. The molecule has 0 N–H and O–H groups in total.